The number of amides is 1. The monoisotopic (exact) mass is 300 g/mol. The first-order valence-electron chi connectivity index (χ1n) is 7.19. The average molecular weight is 300 g/mol. The minimum Gasteiger partial charge on any atom is -0.347 e. The van der Waals surface area contributed by atoms with E-state index in [1.54, 1.807) is 12.3 Å². The fourth-order valence-corrected chi connectivity index (χ4v) is 2.40. The van der Waals surface area contributed by atoms with Crippen molar-refractivity contribution in [2.45, 2.75) is 25.3 Å². The normalized spacial score (nSPS) is 20.1. The van der Waals surface area contributed by atoms with Crippen molar-refractivity contribution in [1.29, 1.82) is 0 Å². The summed E-state index contributed by atoms with van der Waals surface area (Å²) in [6, 6.07) is 3.97. The molecule has 0 fully saturated rings. The van der Waals surface area contributed by atoms with Crippen molar-refractivity contribution < 1.29 is 9.18 Å². The first-order chi connectivity index (χ1) is 10.6. The molecule has 2 bridgehead atoms. The molecule has 1 aromatic carbocycles. The number of imidazole rings is 1. The Morgan fingerprint density at radius 1 is 1.32 bits per heavy atom. The molecule has 2 aromatic rings. The Hall–Kier alpha value is -2.47. The van der Waals surface area contributed by atoms with Crippen LogP contribution in [0.2, 0.25) is 0 Å². The van der Waals surface area contributed by atoms with Crippen LogP contribution in [-0.2, 0) is 4.79 Å². The molecule has 1 amide bonds. The summed E-state index contributed by atoms with van der Waals surface area (Å²) in [5.41, 5.74) is 7.72. The molecule has 0 unspecified atom stereocenters. The minimum absolute atomic E-state index is 0.114. The maximum Gasteiger partial charge on any atom is 0.224 e. The predicted octanol–water partition coefficient (Wildman–Crippen LogP) is 2.89. The summed E-state index contributed by atoms with van der Waals surface area (Å²) in [5, 5.41) is 2.81. The highest BCUT2D eigenvalue weighted by molar-refractivity contribution is 5.95. The number of anilines is 1. The minimum atomic E-state index is -0.382. The first kappa shape index (κ1) is 14.5. The quantitative estimate of drug-likeness (QED) is 0.654. The maximum atomic E-state index is 13.6. The highest BCUT2D eigenvalue weighted by Crippen LogP contribution is 2.29. The van der Waals surface area contributed by atoms with Crippen molar-refractivity contribution in [3.05, 3.63) is 48.2 Å². The van der Waals surface area contributed by atoms with Crippen LogP contribution in [0.3, 0.4) is 0 Å². The molecule has 5 nitrogen and oxygen atoms in total. The van der Waals surface area contributed by atoms with Gasteiger partial charge in [0.1, 0.15) is 11.6 Å². The average Bonchev–Trinajstić information content (AvgIpc) is 2.97. The number of allylic oxidation sites excluding steroid dienone is 1. The number of aromatic nitrogens is 2. The molecule has 3 rings (SSSR count). The van der Waals surface area contributed by atoms with Crippen molar-refractivity contribution in [2.75, 3.05) is 5.32 Å². The van der Waals surface area contributed by atoms with Gasteiger partial charge in [-0.05, 0) is 31.0 Å². The number of halogens is 1. The third-order valence-electron chi connectivity index (χ3n) is 3.58. The molecule has 2 heterocycles. The van der Waals surface area contributed by atoms with E-state index < -0.39 is 0 Å². The number of nitrogens with zero attached hydrogens (tertiary/aromatic N) is 1. The number of benzene rings is 1. The molecule has 1 atom stereocenters. The Morgan fingerprint density at radius 3 is 3.05 bits per heavy atom. The van der Waals surface area contributed by atoms with E-state index in [1.165, 1.54) is 12.1 Å². The van der Waals surface area contributed by atoms with Gasteiger partial charge in [0.2, 0.25) is 5.91 Å². The van der Waals surface area contributed by atoms with Crippen molar-refractivity contribution in [2.24, 2.45) is 5.73 Å². The van der Waals surface area contributed by atoms with E-state index >= 15 is 0 Å². The van der Waals surface area contributed by atoms with Crippen LogP contribution in [0.1, 0.15) is 31.1 Å². The molecule has 0 spiro atoms. The summed E-state index contributed by atoms with van der Waals surface area (Å²) >= 11 is 0. The number of hydrogen-bond donors (Lipinski definition) is 3. The van der Waals surface area contributed by atoms with E-state index in [2.05, 4.69) is 15.3 Å². The van der Waals surface area contributed by atoms with Gasteiger partial charge in [-0.3, -0.25) is 4.79 Å². The Kier molecular flexibility index (Phi) is 4.02. The lowest BCUT2D eigenvalue weighted by molar-refractivity contribution is -0.116. The second-order valence-electron chi connectivity index (χ2n) is 5.26. The van der Waals surface area contributed by atoms with Gasteiger partial charge in [0, 0.05) is 18.2 Å². The third-order valence-corrected chi connectivity index (χ3v) is 3.58. The molecule has 1 aromatic heterocycles. The van der Waals surface area contributed by atoms with Gasteiger partial charge < -0.3 is 16.0 Å². The summed E-state index contributed by atoms with van der Waals surface area (Å²) < 4.78 is 13.6. The van der Waals surface area contributed by atoms with Crippen LogP contribution in [0.4, 0.5) is 10.1 Å². The van der Waals surface area contributed by atoms with Gasteiger partial charge >= 0.3 is 0 Å². The van der Waals surface area contributed by atoms with Crippen LogP contribution < -0.4 is 11.1 Å². The molecule has 1 aliphatic heterocycles. The maximum absolute atomic E-state index is 13.6. The number of fused-ring (bicyclic) bond motifs is 4. The van der Waals surface area contributed by atoms with Crippen molar-refractivity contribution in [3.8, 4) is 11.3 Å². The Labute approximate surface area is 127 Å². The summed E-state index contributed by atoms with van der Waals surface area (Å²) in [6.07, 6.45) is 7.20. The fourth-order valence-electron chi connectivity index (χ4n) is 2.40. The Bertz CT molecular complexity index is 723. The zero-order valence-electron chi connectivity index (χ0n) is 12.0. The summed E-state index contributed by atoms with van der Waals surface area (Å²) in [5.74, 6) is 0.144. The number of nitrogens with two attached hydrogens (primary N) is 1. The highest BCUT2D eigenvalue weighted by Gasteiger charge is 2.15. The van der Waals surface area contributed by atoms with Crippen LogP contribution in [-0.4, -0.2) is 15.9 Å². The number of aromatic amines is 1. The lowest BCUT2D eigenvalue weighted by Gasteiger charge is -2.09. The lowest BCUT2D eigenvalue weighted by Crippen LogP contribution is -2.11. The van der Waals surface area contributed by atoms with Crippen LogP contribution in [0.25, 0.3) is 11.3 Å². The second kappa shape index (κ2) is 6.11. The number of nitrogens with one attached hydrogen (secondary N) is 2. The van der Waals surface area contributed by atoms with Gasteiger partial charge in [-0.15, -0.1) is 0 Å². The van der Waals surface area contributed by atoms with Gasteiger partial charge in [-0.2, -0.15) is 0 Å². The van der Waals surface area contributed by atoms with E-state index in [-0.39, 0.29) is 17.8 Å². The van der Waals surface area contributed by atoms with Crippen LogP contribution in [0.5, 0.6) is 0 Å². The smallest absolute Gasteiger partial charge is 0.224 e. The molecule has 1 aliphatic rings. The largest absolute Gasteiger partial charge is 0.347 e. The second-order valence-corrected chi connectivity index (χ2v) is 5.26. The lowest BCUT2D eigenvalue weighted by atomic mass is 10.1. The first-order valence-corrected chi connectivity index (χ1v) is 7.19. The molecular formula is C16H17FN4O. The molecule has 22 heavy (non-hydrogen) atoms. The van der Waals surface area contributed by atoms with Gasteiger partial charge in [0.15, 0.2) is 0 Å². The summed E-state index contributed by atoms with van der Waals surface area (Å²) in [7, 11) is 0. The number of hydrogen-bond acceptors (Lipinski definition) is 3. The third kappa shape index (κ3) is 3.07. The molecular weight excluding hydrogens is 283 g/mol. The fraction of sp³-hybridized carbons (Fsp3) is 0.250. The molecule has 6 heteroatoms. The zero-order valence-corrected chi connectivity index (χ0v) is 12.0. The van der Waals surface area contributed by atoms with Gasteiger partial charge in [0.25, 0.3) is 0 Å². The van der Waals surface area contributed by atoms with Crippen LogP contribution in [0.15, 0.2) is 36.5 Å². The number of H-pyrrole nitrogens is 1. The van der Waals surface area contributed by atoms with Crippen molar-refractivity contribution in [1.82, 2.24) is 9.97 Å². The summed E-state index contributed by atoms with van der Waals surface area (Å²) in [6.45, 7) is 0. The SMILES string of the molecule is N[C@H]1C/C=C/CCC(=O)Nc2ccc(F)cc2-c2c[nH]c1n2. The topological polar surface area (TPSA) is 83.8 Å². The van der Waals surface area contributed by atoms with Crippen molar-refractivity contribution in [3.63, 3.8) is 0 Å². The van der Waals surface area contributed by atoms with E-state index in [0.717, 1.165) is 0 Å². The molecule has 0 saturated heterocycles. The van der Waals surface area contributed by atoms with E-state index in [1.807, 2.05) is 12.2 Å². The van der Waals surface area contributed by atoms with E-state index in [9.17, 15) is 9.18 Å². The Morgan fingerprint density at radius 2 is 2.18 bits per heavy atom. The highest BCUT2D eigenvalue weighted by atomic mass is 19.1. The van der Waals surface area contributed by atoms with Gasteiger partial charge in [0.05, 0.1) is 17.4 Å². The molecule has 0 aliphatic carbocycles. The van der Waals surface area contributed by atoms with E-state index in [0.29, 0.717) is 42.0 Å². The molecule has 0 radical (unpaired) electrons. The van der Waals surface area contributed by atoms with Crippen LogP contribution >= 0.6 is 0 Å². The predicted molar refractivity (Wildman–Crippen MR) is 82.5 cm³/mol. The van der Waals surface area contributed by atoms with Gasteiger partial charge in [-0.1, -0.05) is 12.2 Å². The standard InChI is InChI=1S/C16H17FN4O/c17-10-6-7-13-11(8-10)14-9-19-16(21-14)12(18)4-2-1-3-5-15(22)20-13/h1-2,6-9,12H,3-5,18H2,(H,19,21)(H,20,22)/b2-1+/t12-/m0/s1. The van der Waals surface area contributed by atoms with Crippen molar-refractivity contribution >= 4 is 11.6 Å². The molecule has 0 saturated carbocycles. The van der Waals surface area contributed by atoms with Crippen LogP contribution in [0, 0.1) is 5.82 Å². The molecule has 114 valence electrons. The number of carbonyl (C=O) groups excluding carboxylic acids is 1. The zero-order chi connectivity index (χ0) is 15.5. The van der Waals surface area contributed by atoms with Gasteiger partial charge in [-0.25, -0.2) is 9.37 Å². The van der Waals surface area contributed by atoms with E-state index in [4.69, 9.17) is 5.73 Å². The summed E-state index contributed by atoms with van der Waals surface area (Å²) in [4.78, 5) is 19.4. The number of rotatable bonds is 0. The molecule has 4 N–H and O–H groups in total. The number of carbonyl (C=O) groups is 1. The Balaban J connectivity index is 2.06.